The topological polar surface area (TPSA) is 87.0 Å². The summed E-state index contributed by atoms with van der Waals surface area (Å²) in [5, 5.41) is 35.9. The molecule has 226 valence electrons. The van der Waals surface area contributed by atoms with Gasteiger partial charge in [0.25, 0.3) is 0 Å². The fraction of sp³-hybridized carbons (Fsp3) is 0.500. The molecular weight excluding hydrogens is 536 g/mol. The molecule has 3 N–H and O–H groups in total. The molecule has 0 heterocycles. The molecule has 3 fully saturated rings. The molecule has 0 saturated heterocycles. The molecule has 7 bridgehead atoms. The predicted octanol–water partition coefficient (Wildman–Crippen LogP) is 6.01. The molecule has 4 aliphatic carbocycles. The molecule has 43 heavy (non-hydrogen) atoms. The largest absolute Gasteiger partial charge is 0.396 e. The number of Topliss-reactive ketones (excluding diaryl/α,β-unsaturated/α-hetero) is 1. The Bertz CT molecular complexity index is 1600. The molecule has 7 rings (SSSR count). The smallest absolute Gasteiger partial charge is 0.185 e. The predicted molar refractivity (Wildman–Crippen MR) is 168 cm³/mol. The highest BCUT2D eigenvalue weighted by Crippen LogP contribution is 2.74. The Morgan fingerprint density at radius 3 is 2.42 bits per heavy atom. The summed E-state index contributed by atoms with van der Waals surface area (Å²) in [4.78, 5) is 14.7. The fourth-order valence-corrected chi connectivity index (χ4v) is 10.4. The van der Waals surface area contributed by atoms with Crippen LogP contribution < -0.4 is 0 Å². The second kappa shape index (κ2) is 10.1. The van der Waals surface area contributed by atoms with Crippen LogP contribution in [0.4, 0.5) is 0 Å². The van der Waals surface area contributed by atoms with Crippen LogP contribution in [-0.4, -0.2) is 47.2 Å². The lowest BCUT2D eigenvalue weighted by molar-refractivity contribution is -0.254. The minimum atomic E-state index is -1.73. The van der Waals surface area contributed by atoms with Crippen molar-refractivity contribution in [3.8, 4) is 0 Å². The van der Waals surface area contributed by atoms with E-state index in [-0.39, 0.29) is 42.7 Å². The molecule has 6 atom stereocenters. The van der Waals surface area contributed by atoms with Crippen molar-refractivity contribution in [1.82, 2.24) is 0 Å². The Morgan fingerprint density at radius 1 is 0.930 bits per heavy atom. The van der Waals surface area contributed by atoms with E-state index in [1.165, 1.54) is 12.7 Å². The van der Waals surface area contributed by atoms with Crippen molar-refractivity contribution >= 4 is 16.6 Å². The van der Waals surface area contributed by atoms with Gasteiger partial charge in [-0.25, -0.2) is 0 Å². The van der Waals surface area contributed by atoms with E-state index in [0.29, 0.717) is 19.3 Å². The number of methoxy groups -OCH3 is 1. The molecule has 3 aromatic carbocycles. The molecule has 0 amide bonds. The second-order valence-corrected chi connectivity index (χ2v) is 14.1. The molecule has 3 aromatic rings. The fourth-order valence-electron chi connectivity index (χ4n) is 10.4. The summed E-state index contributed by atoms with van der Waals surface area (Å²) in [6.07, 6.45) is 6.01. The maximum atomic E-state index is 14.7. The van der Waals surface area contributed by atoms with Crippen molar-refractivity contribution < 1.29 is 24.9 Å². The first-order chi connectivity index (χ1) is 20.7. The van der Waals surface area contributed by atoms with Gasteiger partial charge in [-0.15, -0.1) is 0 Å². The van der Waals surface area contributed by atoms with E-state index in [0.717, 1.165) is 58.7 Å². The normalized spacial score (nSPS) is 35.0. The summed E-state index contributed by atoms with van der Waals surface area (Å²) in [7, 11) is 1.49. The zero-order valence-corrected chi connectivity index (χ0v) is 25.4. The highest BCUT2D eigenvalue weighted by atomic mass is 16.6. The van der Waals surface area contributed by atoms with Crippen molar-refractivity contribution in [3.05, 3.63) is 95.1 Å². The molecule has 0 aliphatic heterocycles. The minimum Gasteiger partial charge on any atom is -0.396 e. The molecule has 0 aromatic heterocycles. The van der Waals surface area contributed by atoms with E-state index in [4.69, 9.17) is 4.74 Å². The van der Waals surface area contributed by atoms with E-state index in [2.05, 4.69) is 74.2 Å². The van der Waals surface area contributed by atoms with E-state index in [1.54, 1.807) is 0 Å². The van der Waals surface area contributed by atoms with Gasteiger partial charge in [0, 0.05) is 42.8 Å². The number of aliphatic hydroxyl groups is 3. The highest BCUT2D eigenvalue weighted by molar-refractivity contribution is 5.90. The molecule has 0 unspecified atom stereocenters. The van der Waals surface area contributed by atoms with Crippen LogP contribution >= 0.6 is 0 Å². The van der Waals surface area contributed by atoms with Crippen LogP contribution in [0.15, 0.2) is 72.8 Å². The zero-order chi connectivity index (χ0) is 30.2. The zero-order valence-electron chi connectivity index (χ0n) is 25.4. The van der Waals surface area contributed by atoms with Gasteiger partial charge in [0.2, 0.25) is 0 Å². The Hall–Kier alpha value is -2.83. The Morgan fingerprint density at radius 2 is 1.70 bits per heavy atom. The summed E-state index contributed by atoms with van der Waals surface area (Å²) in [5.41, 5.74) is 3.18. The summed E-state index contributed by atoms with van der Waals surface area (Å²) >= 11 is 0. The number of benzene rings is 3. The van der Waals surface area contributed by atoms with Crippen LogP contribution in [0.2, 0.25) is 0 Å². The number of carbonyl (C=O) groups excluding carboxylic acids is 1. The van der Waals surface area contributed by atoms with Crippen molar-refractivity contribution in [2.75, 3.05) is 20.3 Å². The van der Waals surface area contributed by atoms with Gasteiger partial charge >= 0.3 is 0 Å². The molecule has 5 nitrogen and oxygen atoms in total. The summed E-state index contributed by atoms with van der Waals surface area (Å²) < 4.78 is 5.94. The first-order valence-corrected chi connectivity index (χ1v) is 16.0. The van der Waals surface area contributed by atoms with Gasteiger partial charge in [0.15, 0.2) is 5.79 Å². The van der Waals surface area contributed by atoms with Crippen LogP contribution in [0.5, 0.6) is 0 Å². The lowest BCUT2D eigenvalue weighted by Gasteiger charge is -2.48. The van der Waals surface area contributed by atoms with Crippen LogP contribution in [0.25, 0.3) is 10.8 Å². The van der Waals surface area contributed by atoms with Gasteiger partial charge in [0.1, 0.15) is 5.78 Å². The average Bonchev–Trinajstić information content (AvgIpc) is 3.65. The van der Waals surface area contributed by atoms with Crippen molar-refractivity contribution in [2.45, 2.75) is 75.4 Å². The minimum absolute atomic E-state index is 0.0221. The van der Waals surface area contributed by atoms with Gasteiger partial charge < -0.3 is 20.1 Å². The van der Waals surface area contributed by atoms with Crippen LogP contribution in [0.1, 0.15) is 73.6 Å². The number of hydrogen-bond acceptors (Lipinski definition) is 5. The van der Waals surface area contributed by atoms with Gasteiger partial charge in [-0.05, 0) is 71.0 Å². The molecular formula is C38H44O5. The number of rotatable bonds is 3. The lowest BCUT2D eigenvalue weighted by Crippen LogP contribution is -2.56. The van der Waals surface area contributed by atoms with E-state index >= 15 is 0 Å². The summed E-state index contributed by atoms with van der Waals surface area (Å²) in [6, 6.07) is 21.7. The van der Waals surface area contributed by atoms with Gasteiger partial charge in [0.05, 0.1) is 12.0 Å². The highest BCUT2D eigenvalue weighted by Gasteiger charge is 2.80. The molecule has 3 saturated carbocycles. The number of fused-ring (bicyclic) bond motifs is 6. The maximum absolute atomic E-state index is 14.7. The van der Waals surface area contributed by atoms with Crippen molar-refractivity contribution in [2.24, 2.45) is 22.7 Å². The van der Waals surface area contributed by atoms with Crippen LogP contribution in [-0.2, 0) is 27.8 Å². The first kappa shape index (κ1) is 28.9. The number of ketones is 1. The average molecular weight is 581 g/mol. The third-order valence-corrected chi connectivity index (χ3v) is 12.5. The monoisotopic (exact) mass is 580 g/mol. The third-order valence-electron chi connectivity index (χ3n) is 12.5. The van der Waals surface area contributed by atoms with E-state index in [1.807, 2.05) is 0 Å². The number of carbonyl (C=O) groups is 1. The molecule has 2 spiro atoms. The van der Waals surface area contributed by atoms with Crippen LogP contribution in [0.3, 0.4) is 0 Å². The van der Waals surface area contributed by atoms with Gasteiger partial charge in [-0.2, -0.15) is 0 Å². The van der Waals surface area contributed by atoms with E-state index in [9.17, 15) is 20.1 Å². The maximum Gasteiger partial charge on any atom is 0.185 e. The second-order valence-electron chi connectivity index (χ2n) is 14.1. The Kier molecular flexibility index (Phi) is 6.79. The number of aryl methyl sites for hydroxylation is 1. The van der Waals surface area contributed by atoms with Gasteiger partial charge in [-0.1, -0.05) is 92.6 Å². The standard InChI is InChI=1S/C38H44O5/c1-24-34-30(22-39)21-37(38(34,42)43-3)33(41)14-10-25-7-6-8-31(18-25)36(15-4-5-16-36)32(23-40)28-13-12-27-11-9-26(17-29(27)19-28)20-35(24,37)2/h6-9,11-13,17-19,30,32,34,39-40,42H,1,4-5,10,14-16,20-23H2,2-3H3/t30-,32+,34-,35+,37+,38-/m0/s1. The van der Waals surface area contributed by atoms with Crippen LogP contribution in [0, 0.1) is 22.7 Å². The Labute approximate surface area is 254 Å². The summed E-state index contributed by atoms with van der Waals surface area (Å²) in [5.74, 6) is -2.60. The quantitative estimate of drug-likeness (QED) is 0.261. The molecule has 4 aliphatic rings. The molecule has 0 radical (unpaired) electrons. The number of hydrogen-bond donors (Lipinski definition) is 3. The first-order valence-electron chi connectivity index (χ1n) is 16.0. The van der Waals surface area contributed by atoms with Crippen molar-refractivity contribution in [1.29, 1.82) is 0 Å². The lowest BCUT2D eigenvalue weighted by atomic mass is 9.55. The Balaban J connectivity index is 1.45. The third kappa shape index (κ3) is 3.75. The van der Waals surface area contributed by atoms with Gasteiger partial charge in [-0.3, -0.25) is 4.79 Å². The number of aliphatic hydroxyl groups excluding tert-OH is 2. The van der Waals surface area contributed by atoms with E-state index < -0.39 is 22.5 Å². The molecule has 5 heteroatoms. The number of ether oxygens (including phenoxy) is 1. The summed E-state index contributed by atoms with van der Waals surface area (Å²) in [6.45, 7) is 6.52. The SMILES string of the molecule is C=C1[C@H]2[C@H](CO)C[C@]3(C(=O)CCc4cccc(c4)C4(CCCC4)[C@H](CO)c4ccc5ccc(cc5c4)C[C@]13C)[C@@]2(O)OC. The van der Waals surface area contributed by atoms with Crippen molar-refractivity contribution in [3.63, 3.8) is 0 Å².